The van der Waals surface area contributed by atoms with Crippen LogP contribution in [0.25, 0.3) is 0 Å². The van der Waals surface area contributed by atoms with E-state index in [0.717, 1.165) is 43.9 Å². The molecule has 0 saturated carbocycles. The average molecular weight is 323 g/mol. The normalized spacial score (nSPS) is 16.7. The summed E-state index contributed by atoms with van der Waals surface area (Å²) in [5.41, 5.74) is 0.971. The van der Waals surface area contributed by atoms with Gasteiger partial charge in [-0.2, -0.15) is 0 Å². The first kappa shape index (κ1) is 19.3. The summed E-state index contributed by atoms with van der Waals surface area (Å²) in [6.45, 7) is 6.23. The van der Waals surface area contributed by atoms with Crippen molar-refractivity contribution >= 4 is 24.8 Å². The summed E-state index contributed by atoms with van der Waals surface area (Å²) in [4.78, 5) is 2.42. The van der Waals surface area contributed by atoms with E-state index in [1.54, 1.807) is 19.2 Å². The Morgan fingerprint density at radius 3 is 2.50 bits per heavy atom. The maximum absolute atomic E-state index is 10.1. The fourth-order valence-corrected chi connectivity index (χ4v) is 2.60. The van der Waals surface area contributed by atoms with Crippen molar-refractivity contribution in [2.24, 2.45) is 0 Å². The second-order valence-electron chi connectivity index (χ2n) is 4.63. The highest BCUT2D eigenvalue weighted by Crippen LogP contribution is 2.33. The highest BCUT2D eigenvalue weighted by Gasteiger charge is 2.23. The van der Waals surface area contributed by atoms with Crippen LogP contribution in [-0.4, -0.2) is 43.3 Å². The van der Waals surface area contributed by atoms with Gasteiger partial charge in [0.1, 0.15) is 11.5 Å². The number of halogens is 2. The van der Waals surface area contributed by atoms with Crippen LogP contribution in [0.4, 0.5) is 0 Å². The van der Waals surface area contributed by atoms with Crippen LogP contribution in [-0.2, 0) is 0 Å². The maximum Gasteiger partial charge on any atom is 0.120 e. The number of hydrogen-bond donors (Lipinski definition) is 2. The lowest BCUT2D eigenvalue weighted by Crippen LogP contribution is -2.45. The predicted molar refractivity (Wildman–Crippen MR) is 86.6 cm³/mol. The number of nitrogens with zero attached hydrogens (tertiary/aromatic N) is 1. The number of rotatable bonds is 4. The van der Waals surface area contributed by atoms with Gasteiger partial charge in [0.15, 0.2) is 0 Å². The van der Waals surface area contributed by atoms with Crippen LogP contribution < -0.4 is 10.1 Å². The Bertz CT molecular complexity index is 399. The van der Waals surface area contributed by atoms with Gasteiger partial charge < -0.3 is 15.2 Å². The largest absolute Gasteiger partial charge is 0.508 e. The molecule has 2 rings (SSSR count). The van der Waals surface area contributed by atoms with Crippen LogP contribution in [0.1, 0.15) is 24.9 Å². The molecule has 0 radical (unpaired) electrons. The van der Waals surface area contributed by atoms with Crippen molar-refractivity contribution in [1.82, 2.24) is 10.2 Å². The van der Waals surface area contributed by atoms with Crippen molar-refractivity contribution in [3.05, 3.63) is 23.8 Å². The fourth-order valence-electron chi connectivity index (χ4n) is 2.60. The van der Waals surface area contributed by atoms with Gasteiger partial charge in [0.2, 0.25) is 0 Å². The first-order chi connectivity index (χ1) is 8.76. The van der Waals surface area contributed by atoms with Crippen molar-refractivity contribution in [3.8, 4) is 11.5 Å². The Kier molecular flexibility index (Phi) is 8.98. The molecule has 1 atom stereocenters. The lowest BCUT2D eigenvalue weighted by molar-refractivity contribution is 0.166. The van der Waals surface area contributed by atoms with E-state index >= 15 is 0 Å². The molecule has 6 heteroatoms. The monoisotopic (exact) mass is 322 g/mol. The molecule has 20 heavy (non-hydrogen) atoms. The number of aromatic hydroxyl groups is 1. The Hall–Kier alpha value is -0.680. The molecule has 0 unspecified atom stereocenters. The Morgan fingerprint density at radius 1 is 1.30 bits per heavy atom. The number of nitrogens with one attached hydrogen (secondary N) is 1. The third-order valence-corrected chi connectivity index (χ3v) is 3.57. The van der Waals surface area contributed by atoms with Crippen molar-refractivity contribution in [2.75, 3.05) is 33.3 Å². The van der Waals surface area contributed by atoms with Crippen LogP contribution in [0.2, 0.25) is 0 Å². The van der Waals surface area contributed by atoms with Crippen LogP contribution in [0.15, 0.2) is 18.2 Å². The number of ether oxygens (including phenoxy) is 1. The molecular formula is C14H24Cl2N2O2. The van der Waals surface area contributed by atoms with Gasteiger partial charge in [0.05, 0.1) is 7.11 Å². The molecule has 0 aromatic heterocycles. The van der Waals surface area contributed by atoms with Gasteiger partial charge in [-0.05, 0) is 24.6 Å². The van der Waals surface area contributed by atoms with Gasteiger partial charge in [0.25, 0.3) is 0 Å². The van der Waals surface area contributed by atoms with E-state index in [-0.39, 0.29) is 30.9 Å². The van der Waals surface area contributed by atoms with Gasteiger partial charge in [-0.15, -0.1) is 24.8 Å². The zero-order chi connectivity index (χ0) is 13.0. The Balaban J connectivity index is 0.00000180. The van der Waals surface area contributed by atoms with Crippen LogP contribution in [0, 0.1) is 0 Å². The standard InChI is InChI=1S/C14H22N2O2.2ClH/c1-3-13(16-8-6-15-7-9-16)12-10-11(18-2)4-5-14(12)17;;/h4-5,10,13,15,17H,3,6-9H2,1-2H3;2*1H/t13-;;/m1../s1. The van der Waals surface area contributed by atoms with E-state index in [1.807, 2.05) is 6.07 Å². The fraction of sp³-hybridized carbons (Fsp3) is 0.571. The maximum atomic E-state index is 10.1. The first-order valence-corrected chi connectivity index (χ1v) is 6.58. The summed E-state index contributed by atoms with van der Waals surface area (Å²) in [5, 5.41) is 13.4. The lowest BCUT2D eigenvalue weighted by Gasteiger charge is -2.35. The molecule has 0 amide bonds. The zero-order valence-corrected chi connectivity index (χ0v) is 13.6. The average Bonchev–Trinajstić information content (AvgIpc) is 2.43. The number of phenolic OH excluding ortho intramolecular Hbond substituents is 1. The number of benzene rings is 1. The second kappa shape index (κ2) is 9.29. The minimum Gasteiger partial charge on any atom is -0.508 e. The first-order valence-electron chi connectivity index (χ1n) is 6.58. The molecule has 116 valence electrons. The van der Waals surface area contributed by atoms with Crippen molar-refractivity contribution in [3.63, 3.8) is 0 Å². The lowest BCUT2D eigenvalue weighted by atomic mass is 10.0. The number of methoxy groups -OCH3 is 1. The van der Waals surface area contributed by atoms with E-state index in [0.29, 0.717) is 5.75 Å². The molecule has 0 bridgehead atoms. The predicted octanol–water partition coefficient (Wildman–Crippen LogP) is 2.60. The molecule has 1 fully saturated rings. The summed E-state index contributed by atoms with van der Waals surface area (Å²) in [5.74, 6) is 1.16. The molecule has 1 aromatic carbocycles. The minimum atomic E-state index is 0. The second-order valence-corrected chi connectivity index (χ2v) is 4.63. The Morgan fingerprint density at radius 2 is 1.95 bits per heavy atom. The zero-order valence-electron chi connectivity index (χ0n) is 12.0. The SMILES string of the molecule is CC[C@H](c1cc(OC)ccc1O)N1CCNCC1.Cl.Cl. The Labute approximate surface area is 133 Å². The third-order valence-electron chi connectivity index (χ3n) is 3.57. The van der Waals surface area contributed by atoms with Gasteiger partial charge in [-0.3, -0.25) is 4.90 Å². The molecule has 1 saturated heterocycles. The van der Waals surface area contributed by atoms with Crippen molar-refractivity contribution in [2.45, 2.75) is 19.4 Å². The molecule has 0 spiro atoms. The minimum absolute atomic E-state index is 0. The highest BCUT2D eigenvalue weighted by atomic mass is 35.5. The molecule has 0 aliphatic carbocycles. The topological polar surface area (TPSA) is 44.7 Å². The summed E-state index contributed by atoms with van der Waals surface area (Å²) >= 11 is 0. The van der Waals surface area contributed by atoms with Gasteiger partial charge in [0, 0.05) is 37.8 Å². The molecule has 1 heterocycles. The van der Waals surface area contributed by atoms with Crippen molar-refractivity contribution in [1.29, 1.82) is 0 Å². The number of hydrogen-bond acceptors (Lipinski definition) is 4. The molecule has 4 nitrogen and oxygen atoms in total. The van der Waals surface area contributed by atoms with Crippen molar-refractivity contribution < 1.29 is 9.84 Å². The van der Waals surface area contributed by atoms with Crippen LogP contribution in [0.5, 0.6) is 11.5 Å². The van der Waals surface area contributed by atoms with Gasteiger partial charge in [-0.1, -0.05) is 6.92 Å². The van der Waals surface area contributed by atoms with Crippen LogP contribution in [0.3, 0.4) is 0 Å². The van der Waals surface area contributed by atoms with E-state index in [4.69, 9.17) is 4.74 Å². The molecular weight excluding hydrogens is 299 g/mol. The number of piperazine rings is 1. The van der Waals surface area contributed by atoms with E-state index in [9.17, 15) is 5.11 Å². The molecule has 1 aliphatic rings. The number of phenols is 1. The molecule has 1 aromatic rings. The van der Waals surface area contributed by atoms with Crippen LogP contribution >= 0.6 is 24.8 Å². The molecule has 2 N–H and O–H groups in total. The van der Waals surface area contributed by atoms with E-state index in [2.05, 4.69) is 17.1 Å². The summed E-state index contributed by atoms with van der Waals surface area (Å²) in [6, 6.07) is 5.73. The highest BCUT2D eigenvalue weighted by molar-refractivity contribution is 5.85. The van der Waals surface area contributed by atoms with E-state index < -0.39 is 0 Å². The molecule has 1 aliphatic heterocycles. The van der Waals surface area contributed by atoms with E-state index in [1.165, 1.54) is 0 Å². The smallest absolute Gasteiger partial charge is 0.120 e. The summed E-state index contributed by atoms with van der Waals surface area (Å²) in [7, 11) is 1.65. The van der Waals surface area contributed by atoms with Gasteiger partial charge in [-0.25, -0.2) is 0 Å². The summed E-state index contributed by atoms with van der Waals surface area (Å²) in [6.07, 6.45) is 0.987. The quantitative estimate of drug-likeness (QED) is 0.894. The van der Waals surface area contributed by atoms with Gasteiger partial charge >= 0.3 is 0 Å². The third kappa shape index (κ3) is 4.42. The summed E-state index contributed by atoms with van der Waals surface area (Å²) < 4.78 is 5.25.